The van der Waals surface area contributed by atoms with Gasteiger partial charge in [-0.15, -0.1) is 0 Å². The minimum atomic E-state index is -0.429. The number of halogens is 1. The van der Waals surface area contributed by atoms with Gasteiger partial charge in [0.1, 0.15) is 0 Å². The molecule has 3 aromatic rings. The van der Waals surface area contributed by atoms with Crippen LogP contribution < -0.4 is 5.32 Å². The molecule has 1 heterocycles. The summed E-state index contributed by atoms with van der Waals surface area (Å²) in [7, 11) is 1.32. The molecule has 0 radical (unpaired) electrons. The Morgan fingerprint density at radius 2 is 1.81 bits per heavy atom. The van der Waals surface area contributed by atoms with Crippen LogP contribution in [0.2, 0.25) is 5.02 Å². The van der Waals surface area contributed by atoms with Crippen molar-refractivity contribution in [2.45, 2.75) is 6.42 Å². The molecule has 0 saturated heterocycles. The van der Waals surface area contributed by atoms with Crippen LogP contribution in [0.1, 0.15) is 32.1 Å². The number of hydrogen-bond donors (Lipinski definition) is 2. The maximum atomic E-state index is 12.3. The van der Waals surface area contributed by atoms with E-state index in [0.717, 1.165) is 11.3 Å². The Morgan fingerprint density at radius 1 is 1.12 bits per heavy atom. The molecule has 0 unspecified atom stereocenters. The molecule has 0 saturated carbocycles. The highest BCUT2D eigenvalue weighted by Gasteiger charge is 2.12. The van der Waals surface area contributed by atoms with E-state index in [2.05, 4.69) is 20.3 Å². The lowest BCUT2D eigenvalue weighted by Crippen LogP contribution is -2.12. The number of aromatic nitrogens is 2. The Labute approximate surface area is 155 Å². The van der Waals surface area contributed by atoms with Gasteiger partial charge in [-0.1, -0.05) is 23.7 Å². The molecule has 1 aromatic heterocycles. The predicted molar refractivity (Wildman–Crippen MR) is 98.6 cm³/mol. The number of hydrogen-bond acceptors (Lipinski definition) is 4. The first kappa shape index (κ1) is 17.7. The SMILES string of the molecule is COC(=O)c1ccc(NC(=O)c2cc(Cc3ccc(Cl)cc3)[nH]n2)cc1. The van der Waals surface area contributed by atoms with Crippen molar-refractivity contribution in [3.05, 3.63) is 82.1 Å². The van der Waals surface area contributed by atoms with Crippen LogP contribution in [0.15, 0.2) is 54.6 Å². The molecule has 7 heteroatoms. The standard InChI is InChI=1S/C19H16ClN3O3/c1-26-19(25)13-4-8-15(9-5-13)21-18(24)17-11-16(22-23-17)10-12-2-6-14(20)7-3-12/h2-9,11H,10H2,1H3,(H,21,24)(H,22,23). The summed E-state index contributed by atoms with van der Waals surface area (Å²) in [6.45, 7) is 0. The second kappa shape index (κ2) is 7.84. The van der Waals surface area contributed by atoms with Crippen molar-refractivity contribution in [1.29, 1.82) is 0 Å². The number of carbonyl (C=O) groups excluding carboxylic acids is 2. The third-order valence-corrected chi connectivity index (χ3v) is 3.99. The fraction of sp³-hybridized carbons (Fsp3) is 0.105. The van der Waals surface area contributed by atoms with Gasteiger partial charge >= 0.3 is 5.97 Å². The van der Waals surface area contributed by atoms with Crippen LogP contribution >= 0.6 is 11.6 Å². The zero-order chi connectivity index (χ0) is 18.5. The van der Waals surface area contributed by atoms with Crippen molar-refractivity contribution in [1.82, 2.24) is 10.2 Å². The van der Waals surface area contributed by atoms with Crippen molar-refractivity contribution < 1.29 is 14.3 Å². The van der Waals surface area contributed by atoms with Crippen LogP contribution in [-0.4, -0.2) is 29.2 Å². The summed E-state index contributed by atoms with van der Waals surface area (Å²) in [5, 5.41) is 10.3. The maximum absolute atomic E-state index is 12.3. The molecule has 132 valence electrons. The Kier molecular flexibility index (Phi) is 5.34. The number of amides is 1. The number of aromatic amines is 1. The number of anilines is 1. The molecule has 3 rings (SSSR count). The summed E-state index contributed by atoms with van der Waals surface area (Å²) in [4.78, 5) is 23.7. The van der Waals surface area contributed by atoms with E-state index in [1.54, 1.807) is 30.3 Å². The van der Waals surface area contributed by atoms with Crippen molar-refractivity contribution in [2.24, 2.45) is 0 Å². The highest BCUT2D eigenvalue weighted by molar-refractivity contribution is 6.30. The van der Waals surface area contributed by atoms with Gasteiger partial charge in [-0.05, 0) is 48.0 Å². The van der Waals surface area contributed by atoms with Gasteiger partial charge in [-0.3, -0.25) is 9.89 Å². The second-order valence-corrected chi connectivity index (χ2v) is 6.04. The Morgan fingerprint density at radius 3 is 2.46 bits per heavy atom. The summed E-state index contributed by atoms with van der Waals surface area (Å²) in [6, 6.07) is 15.6. The first-order chi connectivity index (χ1) is 12.5. The number of benzene rings is 2. The van der Waals surface area contributed by atoms with E-state index in [9.17, 15) is 9.59 Å². The molecule has 0 aliphatic rings. The Balaban J connectivity index is 1.64. The lowest BCUT2D eigenvalue weighted by atomic mass is 10.1. The van der Waals surface area contributed by atoms with Gasteiger partial charge in [0.15, 0.2) is 5.69 Å². The zero-order valence-electron chi connectivity index (χ0n) is 14.0. The molecule has 0 fully saturated rings. The Hall–Kier alpha value is -3.12. The molecule has 0 aliphatic heterocycles. The van der Waals surface area contributed by atoms with E-state index in [1.165, 1.54) is 7.11 Å². The van der Waals surface area contributed by atoms with Crippen LogP contribution in [0.5, 0.6) is 0 Å². The summed E-state index contributed by atoms with van der Waals surface area (Å²) in [6.07, 6.45) is 0.616. The van der Waals surface area contributed by atoms with Gasteiger partial charge in [-0.2, -0.15) is 5.10 Å². The quantitative estimate of drug-likeness (QED) is 0.672. The highest BCUT2D eigenvalue weighted by Crippen LogP contribution is 2.15. The highest BCUT2D eigenvalue weighted by atomic mass is 35.5. The second-order valence-electron chi connectivity index (χ2n) is 5.60. The molecule has 0 bridgehead atoms. The lowest BCUT2D eigenvalue weighted by Gasteiger charge is -2.04. The predicted octanol–water partition coefficient (Wildman–Crippen LogP) is 3.69. The molecule has 0 atom stereocenters. The number of methoxy groups -OCH3 is 1. The maximum Gasteiger partial charge on any atom is 0.337 e. The molecule has 6 nitrogen and oxygen atoms in total. The first-order valence-electron chi connectivity index (χ1n) is 7.83. The summed E-state index contributed by atoms with van der Waals surface area (Å²) in [5.74, 6) is -0.767. The van der Waals surface area contributed by atoms with Crippen LogP contribution in [0.3, 0.4) is 0 Å². The topological polar surface area (TPSA) is 84.1 Å². The number of esters is 1. The third-order valence-electron chi connectivity index (χ3n) is 3.74. The van der Waals surface area contributed by atoms with Crippen molar-refractivity contribution in [3.8, 4) is 0 Å². The zero-order valence-corrected chi connectivity index (χ0v) is 14.7. The van der Waals surface area contributed by atoms with E-state index in [0.29, 0.717) is 22.7 Å². The largest absolute Gasteiger partial charge is 0.465 e. The normalized spacial score (nSPS) is 10.4. The average Bonchev–Trinajstić information content (AvgIpc) is 3.12. The average molecular weight is 370 g/mol. The van der Waals surface area contributed by atoms with E-state index in [4.69, 9.17) is 11.6 Å². The van der Waals surface area contributed by atoms with Crippen LogP contribution in [0, 0.1) is 0 Å². The van der Waals surface area contributed by atoms with Gasteiger partial charge in [0.05, 0.1) is 12.7 Å². The molecule has 26 heavy (non-hydrogen) atoms. The van der Waals surface area contributed by atoms with Crippen molar-refractivity contribution >= 4 is 29.2 Å². The molecular formula is C19H16ClN3O3. The number of carbonyl (C=O) groups is 2. The molecular weight excluding hydrogens is 354 g/mol. The summed E-state index contributed by atoms with van der Waals surface area (Å²) in [5.41, 5.74) is 3.13. The molecule has 0 aliphatic carbocycles. The molecule has 0 spiro atoms. The van der Waals surface area contributed by atoms with Gasteiger partial charge < -0.3 is 10.1 Å². The van der Waals surface area contributed by atoms with Gasteiger partial charge in [0, 0.05) is 22.8 Å². The molecule has 2 N–H and O–H groups in total. The van der Waals surface area contributed by atoms with Gasteiger partial charge in [0.25, 0.3) is 5.91 Å². The first-order valence-corrected chi connectivity index (χ1v) is 8.21. The van der Waals surface area contributed by atoms with E-state index < -0.39 is 5.97 Å². The van der Waals surface area contributed by atoms with Crippen molar-refractivity contribution in [2.75, 3.05) is 12.4 Å². The molecule has 2 aromatic carbocycles. The smallest absolute Gasteiger partial charge is 0.337 e. The van der Waals surface area contributed by atoms with E-state index in [-0.39, 0.29) is 11.6 Å². The number of rotatable bonds is 5. The Bertz CT molecular complexity index is 918. The third kappa shape index (κ3) is 4.29. The minimum absolute atomic E-state index is 0.283. The number of nitrogens with one attached hydrogen (secondary N) is 2. The number of ether oxygens (including phenoxy) is 1. The monoisotopic (exact) mass is 369 g/mol. The fourth-order valence-corrected chi connectivity index (χ4v) is 2.52. The van der Waals surface area contributed by atoms with E-state index in [1.807, 2.05) is 24.3 Å². The van der Waals surface area contributed by atoms with Crippen molar-refractivity contribution in [3.63, 3.8) is 0 Å². The number of nitrogens with zero attached hydrogens (tertiary/aromatic N) is 1. The van der Waals surface area contributed by atoms with Gasteiger partial charge in [-0.25, -0.2) is 4.79 Å². The van der Waals surface area contributed by atoms with Crippen LogP contribution in [0.25, 0.3) is 0 Å². The fourth-order valence-electron chi connectivity index (χ4n) is 2.39. The van der Waals surface area contributed by atoms with E-state index >= 15 is 0 Å². The lowest BCUT2D eigenvalue weighted by molar-refractivity contribution is 0.0600. The summed E-state index contributed by atoms with van der Waals surface area (Å²) < 4.78 is 4.64. The van der Waals surface area contributed by atoms with Gasteiger partial charge in [0.2, 0.25) is 0 Å². The van der Waals surface area contributed by atoms with Crippen LogP contribution in [-0.2, 0) is 11.2 Å². The summed E-state index contributed by atoms with van der Waals surface area (Å²) >= 11 is 5.87. The van der Waals surface area contributed by atoms with Crippen LogP contribution in [0.4, 0.5) is 5.69 Å². The molecule has 1 amide bonds. The minimum Gasteiger partial charge on any atom is -0.465 e. The number of H-pyrrole nitrogens is 1.